The fraction of sp³-hybridized carbons (Fsp3) is 0.417. The van der Waals surface area contributed by atoms with Crippen molar-refractivity contribution >= 4 is 23.3 Å². The van der Waals surface area contributed by atoms with Gasteiger partial charge in [-0.05, 0) is 55.7 Å². The van der Waals surface area contributed by atoms with Gasteiger partial charge in [-0.25, -0.2) is 9.97 Å². The number of nitrogens with two attached hydrogens (primary N) is 1. The first-order valence-electron chi connectivity index (χ1n) is 11.3. The number of aromatic nitrogens is 3. The maximum atomic E-state index is 11.9. The normalized spacial score (nSPS) is 16.2. The number of nitrogens with one attached hydrogen (secondary N) is 1. The van der Waals surface area contributed by atoms with E-state index in [-0.39, 0.29) is 11.8 Å². The largest absolute Gasteiger partial charge is 0.367 e. The summed E-state index contributed by atoms with van der Waals surface area (Å²) < 4.78 is 2.05. The smallest absolute Gasteiger partial charge is 0.248 e. The molecule has 3 N–H and O–H groups in total. The van der Waals surface area contributed by atoms with E-state index >= 15 is 0 Å². The van der Waals surface area contributed by atoms with Gasteiger partial charge in [-0.2, -0.15) is 0 Å². The third-order valence-corrected chi connectivity index (χ3v) is 6.54. The molecule has 0 unspecified atom stereocenters. The Morgan fingerprint density at radius 2 is 2.12 bits per heavy atom. The Morgan fingerprint density at radius 1 is 1.28 bits per heavy atom. The third-order valence-electron chi connectivity index (χ3n) is 6.54. The first kappa shape index (κ1) is 20.5. The first-order chi connectivity index (χ1) is 15.5. The molecule has 1 aliphatic carbocycles. The number of primary amides is 1. The molecule has 1 aromatic carbocycles. The summed E-state index contributed by atoms with van der Waals surface area (Å²) in [5.74, 6) is 1.06. The highest BCUT2D eigenvalue weighted by Crippen LogP contribution is 2.46. The summed E-state index contributed by atoms with van der Waals surface area (Å²) in [6, 6.07) is 3.81. The van der Waals surface area contributed by atoms with Crippen molar-refractivity contribution in [3.8, 4) is 11.3 Å². The van der Waals surface area contributed by atoms with E-state index in [1.807, 2.05) is 40.8 Å². The number of carbonyl (C=O) groups is 2. The minimum Gasteiger partial charge on any atom is -0.367 e. The second-order valence-electron chi connectivity index (χ2n) is 8.72. The van der Waals surface area contributed by atoms with Gasteiger partial charge in [0.1, 0.15) is 0 Å². The van der Waals surface area contributed by atoms with Crippen molar-refractivity contribution in [2.24, 2.45) is 5.73 Å². The number of fused-ring (bicyclic) bond motifs is 1. The minimum absolute atomic E-state index is 0.257. The van der Waals surface area contributed by atoms with Gasteiger partial charge in [-0.3, -0.25) is 14.0 Å². The predicted molar refractivity (Wildman–Crippen MR) is 123 cm³/mol. The van der Waals surface area contributed by atoms with Crippen LogP contribution in [0.4, 0.5) is 5.82 Å². The quantitative estimate of drug-likeness (QED) is 0.532. The second-order valence-corrected chi connectivity index (χ2v) is 8.72. The number of imidazole rings is 1. The first-order valence-corrected chi connectivity index (χ1v) is 11.3. The van der Waals surface area contributed by atoms with Crippen LogP contribution in [-0.2, 0) is 4.79 Å². The van der Waals surface area contributed by atoms with Gasteiger partial charge in [0.05, 0.1) is 11.9 Å². The maximum absolute atomic E-state index is 11.9. The summed E-state index contributed by atoms with van der Waals surface area (Å²) in [4.78, 5) is 34.7. The summed E-state index contributed by atoms with van der Waals surface area (Å²) >= 11 is 0. The van der Waals surface area contributed by atoms with E-state index in [4.69, 9.17) is 5.73 Å². The molecule has 1 saturated carbocycles. The molecule has 2 amide bonds. The average molecular weight is 433 g/mol. The van der Waals surface area contributed by atoms with Gasteiger partial charge in [0, 0.05) is 49.6 Å². The average Bonchev–Trinajstić information content (AvgIpc) is 3.38. The van der Waals surface area contributed by atoms with E-state index in [0.717, 1.165) is 73.6 Å². The molecule has 2 fully saturated rings. The molecule has 166 valence electrons. The minimum atomic E-state index is -0.389. The molecular weight excluding hydrogens is 404 g/mol. The zero-order valence-corrected chi connectivity index (χ0v) is 18.3. The van der Waals surface area contributed by atoms with Crippen LogP contribution in [0.15, 0.2) is 30.7 Å². The molecule has 8 heteroatoms. The summed E-state index contributed by atoms with van der Waals surface area (Å²) in [7, 11) is 0. The van der Waals surface area contributed by atoms with Crippen molar-refractivity contribution in [1.82, 2.24) is 19.3 Å². The molecule has 1 aliphatic heterocycles. The van der Waals surface area contributed by atoms with Crippen LogP contribution in [0, 0.1) is 6.92 Å². The lowest BCUT2D eigenvalue weighted by Gasteiger charge is -2.16. The molecule has 1 saturated heterocycles. The fourth-order valence-electron chi connectivity index (χ4n) is 4.78. The SMILES string of the molecule is Cc1c(C(N)=O)ccc(-c2cnc3c(NCCCN4CCCC4=O)nccn23)c1C1CC1. The van der Waals surface area contributed by atoms with Crippen LogP contribution in [0.25, 0.3) is 16.9 Å². The third kappa shape index (κ3) is 3.70. The van der Waals surface area contributed by atoms with Gasteiger partial charge >= 0.3 is 0 Å². The number of anilines is 1. The van der Waals surface area contributed by atoms with E-state index in [2.05, 4.69) is 15.3 Å². The van der Waals surface area contributed by atoms with E-state index in [9.17, 15) is 9.59 Å². The van der Waals surface area contributed by atoms with Crippen molar-refractivity contribution in [3.63, 3.8) is 0 Å². The molecule has 5 rings (SSSR count). The van der Waals surface area contributed by atoms with Crippen molar-refractivity contribution in [3.05, 3.63) is 47.4 Å². The highest BCUT2D eigenvalue weighted by atomic mass is 16.2. The lowest BCUT2D eigenvalue weighted by atomic mass is 9.92. The van der Waals surface area contributed by atoms with Gasteiger partial charge in [0.2, 0.25) is 11.8 Å². The van der Waals surface area contributed by atoms with Crippen LogP contribution >= 0.6 is 0 Å². The van der Waals surface area contributed by atoms with E-state index in [1.165, 1.54) is 5.56 Å². The molecule has 0 atom stereocenters. The molecule has 3 aromatic rings. The lowest BCUT2D eigenvalue weighted by molar-refractivity contribution is -0.127. The number of rotatable bonds is 8. The summed E-state index contributed by atoms with van der Waals surface area (Å²) in [5, 5.41) is 3.38. The number of amides is 2. The van der Waals surface area contributed by atoms with Crippen LogP contribution in [0.5, 0.6) is 0 Å². The number of nitrogens with zero attached hydrogens (tertiary/aromatic N) is 4. The summed E-state index contributed by atoms with van der Waals surface area (Å²) in [6.45, 7) is 4.34. The Hall–Kier alpha value is -3.42. The number of carbonyl (C=O) groups excluding carboxylic acids is 2. The predicted octanol–water partition coefficient (Wildman–Crippen LogP) is 3.11. The Morgan fingerprint density at radius 3 is 2.84 bits per heavy atom. The Bertz CT molecular complexity index is 1200. The van der Waals surface area contributed by atoms with Crippen molar-refractivity contribution < 1.29 is 9.59 Å². The van der Waals surface area contributed by atoms with Crippen molar-refractivity contribution in [2.45, 2.75) is 44.9 Å². The molecular formula is C24H28N6O2. The molecule has 2 aliphatic rings. The van der Waals surface area contributed by atoms with E-state index in [0.29, 0.717) is 17.9 Å². The standard InChI is InChI=1S/C24H28N6O2/c1-15-17(22(25)32)7-8-18(21(15)16-5-6-16)19-14-28-24-23(27-10-13-30(19)24)26-9-3-12-29-11-2-4-20(29)31/h7-8,10,13-14,16H,2-6,9,11-12H2,1H3,(H2,25,32)(H,26,27). The van der Waals surface area contributed by atoms with Crippen LogP contribution < -0.4 is 11.1 Å². The van der Waals surface area contributed by atoms with Crippen molar-refractivity contribution in [1.29, 1.82) is 0 Å². The number of hydrogen-bond acceptors (Lipinski definition) is 5. The Labute approximate surface area is 186 Å². The van der Waals surface area contributed by atoms with Gasteiger partial charge in [-0.1, -0.05) is 6.07 Å². The lowest BCUT2D eigenvalue weighted by Crippen LogP contribution is -2.27. The number of benzene rings is 1. The van der Waals surface area contributed by atoms with Gasteiger partial charge < -0.3 is 16.0 Å². The zero-order chi connectivity index (χ0) is 22.2. The highest BCUT2D eigenvalue weighted by Gasteiger charge is 2.30. The summed E-state index contributed by atoms with van der Waals surface area (Å²) in [6.07, 6.45) is 10.3. The molecule has 0 bridgehead atoms. The van der Waals surface area contributed by atoms with E-state index in [1.54, 1.807) is 6.20 Å². The van der Waals surface area contributed by atoms with Gasteiger partial charge in [0.15, 0.2) is 11.5 Å². The molecule has 0 radical (unpaired) electrons. The Kier molecular flexibility index (Phi) is 5.28. The monoisotopic (exact) mass is 432 g/mol. The van der Waals surface area contributed by atoms with Crippen molar-refractivity contribution in [2.75, 3.05) is 25.0 Å². The molecule has 2 aromatic heterocycles. The van der Waals surface area contributed by atoms with Gasteiger partial charge in [-0.15, -0.1) is 0 Å². The van der Waals surface area contributed by atoms with Crippen LogP contribution in [0.3, 0.4) is 0 Å². The fourth-order valence-corrected chi connectivity index (χ4v) is 4.78. The molecule has 8 nitrogen and oxygen atoms in total. The van der Waals surface area contributed by atoms with Crippen LogP contribution in [0.1, 0.15) is 59.5 Å². The van der Waals surface area contributed by atoms with E-state index < -0.39 is 0 Å². The number of hydrogen-bond donors (Lipinski definition) is 2. The topological polar surface area (TPSA) is 106 Å². The zero-order valence-electron chi connectivity index (χ0n) is 18.3. The maximum Gasteiger partial charge on any atom is 0.248 e. The number of likely N-dealkylation sites (tertiary alicyclic amines) is 1. The highest BCUT2D eigenvalue weighted by molar-refractivity contribution is 5.95. The second kappa shape index (κ2) is 8.26. The van der Waals surface area contributed by atoms with Gasteiger partial charge in [0.25, 0.3) is 0 Å². The summed E-state index contributed by atoms with van der Waals surface area (Å²) in [5.41, 5.74) is 11.2. The van der Waals surface area contributed by atoms with Crippen LogP contribution in [-0.4, -0.2) is 50.7 Å². The van der Waals surface area contributed by atoms with Crippen LogP contribution in [0.2, 0.25) is 0 Å². The molecule has 3 heterocycles. The molecule has 0 spiro atoms. The molecule has 32 heavy (non-hydrogen) atoms. The Balaban J connectivity index is 1.40.